The molecule has 222 valence electrons. The van der Waals surface area contributed by atoms with Crippen molar-refractivity contribution in [3.8, 4) is 0 Å². The van der Waals surface area contributed by atoms with Crippen LogP contribution in [0.1, 0.15) is 85.3 Å². The van der Waals surface area contributed by atoms with E-state index < -0.39 is 36.4 Å². The molecule has 7 heteroatoms. The molecular formula is C36H38N2O5. The Morgan fingerprint density at radius 2 is 1.26 bits per heavy atom. The van der Waals surface area contributed by atoms with Crippen molar-refractivity contribution in [1.82, 2.24) is 4.90 Å². The number of unbranched alkanes of at least 4 members (excludes halogenated alkanes) is 1. The Hall–Kier alpha value is -4.26. The maximum Gasteiger partial charge on any atom is 0.329 e. The van der Waals surface area contributed by atoms with Crippen LogP contribution in [0.2, 0.25) is 0 Å². The molecule has 2 bridgehead atoms. The van der Waals surface area contributed by atoms with Gasteiger partial charge in [-0.25, -0.2) is 4.79 Å². The molecule has 0 unspecified atom stereocenters. The minimum atomic E-state index is -1.07. The number of aryl methyl sites for hydroxylation is 2. The number of imide groups is 1. The van der Waals surface area contributed by atoms with Crippen LogP contribution in [0.25, 0.3) is 0 Å². The number of likely N-dealkylation sites (tertiary alicyclic amines) is 1. The summed E-state index contributed by atoms with van der Waals surface area (Å²) in [7, 11) is 0. The number of carbonyl (C=O) groups excluding carboxylic acids is 4. The molecule has 1 saturated heterocycles. The van der Waals surface area contributed by atoms with Gasteiger partial charge in [-0.3, -0.25) is 19.3 Å². The van der Waals surface area contributed by atoms with Crippen LogP contribution < -0.4 is 5.32 Å². The van der Waals surface area contributed by atoms with Gasteiger partial charge in [-0.2, -0.15) is 0 Å². The van der Waals surface area contributed by atoms with E-state index in [0.717, 1.165) is 58.3 Å². The lowest BCUT2D eigenvalue weighted by molar-refractivity contribution is -0.160. The molecule has 4 aliphatic rings. The topological polar surface area (TPSA) is 92.8 Å². The van der Waals surface area contributed by atoms with Gasteiger partial charge in [0.05, 0.1) is 11.8 Å². The molecule has 1 aliphatic heterocycles. The maximum atomic E-state index is 14.2. The van der Waals surface area contributed by atoms with E-state index >= 15 is 0 Å². The highest BCUT2D eigenvalue weighted by Crippen LogP contribution is 2.61. The first-order valence-corrected chi connectivity index (χ1v) is 15.5. The third kappa shape index (κ3) is 4.75. The Balaban J connectivity index is 1.25. The highest BCUT2D eigenvalue weighted by Gasteiger charge is 2.63. The number of benzene rings is 3. The number of ether oxygens (including phenoxy) is 1. The number of esters is 1. The number of nitrogens with zero attached hydrogens (tertiary/aromatic N) is 1. The summed E-state index contributed by atoms with van der Waals surface area (Å²) < 4.78 is 5.54. The Kier molecular flexibility index (Phi) is 7.91. The van der Waals surface area contributed by atoms with Gasteiger partial charge in [-0.1, -0.05) is 100 Å². The number of amides is 3. The monoisotopic (exact) mass is 578 g/mol. The van der Waals surface area contributed by atoms with Gasteiger partial charge in [0, 0.05) is 17.5 Å². The first kappa shape index (κ1) is 28.8. The molecule has 1 N–H and O–H groups in total. The average molecular weight is 579 g/mol. The van der Waals surface area contributed by atoms with E-state index in [0.29, 0.717) is 12.8 Å². The first-order valence-electron chi connectivity index (χ1n) is 15.5. The van der Waals surface area contributed by atoms with E-state index in [4.69, 9.17) is 4.74 Å². The van der Waals surface area contributed by atoms with Crippen LogP contribution in [0.5, 0.6) is 0 Å². The Labute approximate surface area is 252 Å². The molecule has 0 saturated carbocycles. The van der Waals surface area contributed by atoms with Gasteiger partial charge in [0.1, 0.15) is 6.04 Å². The number of anilines is 1. The average Bonchev–Trinajstić information content (AvgIpc) is 3.30. The highest BCUT2D eigenvalue weighted by molar-refractivity contribution is 6.10. The number of nitrogens with one attached hydrogen (secondary N) is 1. The molecule has 3 aliphatic carbocycles. The van der Waals surface area contributed by atoms with Crippen molar-refractivity contribution < 1.29 is 23.9 Å². The van der Waals surface area contributed by atoms with Gasteiger partial charge >= 0.3 is 5.97 Å². The molecule has 3 atom stereocenters. The quantitative estimate of drug-likeness (QED) is 0.245. The van der Waals surface area contributed by atoms with Crippen molar-refractivity contribution in [3.05, 3.63) is 100 Å². The van der Waals surface area contributed by atoms with Gasteiger partial charge in [0.15, 0.2) is 6.61 Å². The Bertz CT molecular complexity index is 1460. The minimum absolute atomic E-state index is 0.246. The molecule has 7 rings (SSSR count). The van der Waals surface area contributed by atoms with Gasteiger partial charge in [-0.15, -0.1) is 0 Å². The van der Waals surface area contributed by atoms with Crippen molar-refractivity contribution in [2.75, 3.05) is 11.9 Å². The summed E-state index contributed by atoms with van der Waals surface area (Å²) in [6, 6.07) is 21.0. The summed E-state index contributed by atoms with van der Waals surface area (Å²) in [5, 5.41) is 2.92. The smallest absolute Gasteiger partial charge is 0.329 e. The Morgan fingerprint density at radius 3 is 1.70 bits per heavy atom. The van der Waals surface area contributed by atoms with E-state index in [9.17, 15) is 19.2 Å². The van der Waals surface area contributed by atoms with Crippen molar-refractivity contribution >= 4 is 29.4 Å². The van der Waals surface area contributed by atoms with Gasteiger partial charge in [0.25, 0.3) is 5.91 Å². The van der Waals surface area contributed by atoms with Gasteiger partial charge in [0.2, 0.25) is 11.8 Å². The Morgan fingerprint density at radius 1 is 0.767 bits per heavy atom. The molecule has 1 heterocycles. The maximum absolute atomic E-state index is 14.2. The lowest BCUT2D eigenvalue weighted by atomic mass is 9.55. The number of hydrogen-bond donors (Lipinski definition) is 1. The summed E-state index contributed by atoms with van der Waals surface area (Å²) in [6.45, 7) is 5.54. The minimum Gasteiger partial charge on any atom is -0.454 e. The highest BCUT2D eigenvalue weighted by atomic mass is 16.5. The van der Waals surface area contributed by atoms with E-state index in [1.807, 2.05) is 63.2 Å². The van der Waals surface area contributed by atoms with Crippen LogP contribution in [0, 0.1) is 11.8 Å². The van der Waals surface area contributed by atoms with Crippen LogP contribution in [0.15, 0.2) is 66.7 Å². The largest absolute Gasteiger partial charge is 0.454 e. The third-order valence-corrected chi connectivity index (χ3v) is 9.51. The SMILES string of the molecule is CCCC[C@@H](C(=O)OCC(=O)Nc1c(CC)cccc1CC)N1C(=O)[C@@H]2C3c4ccccc4C(c4ccccc43)[C@@H]2C1=O. The van der Waals surface area contributed by atoms with Crippen molar-refractivity contribution in [3.63, 3.8) is 0 Å². The molecule has 3 amide bonds. The molecule has 0 aromatic heterocycles. The van der Waals surface area contributed by atoms with Crippen molar-refractivity contribution in [2.45, 2.75) is 70.8 Å². The summed E-state index contributed by atoms with van der Waals surface area (Å²) >= 11 is 0. The molecule has 43 heavy (non-hydrogen) atoms. The fourth-order valence-corrected chi connectivity index (χ4v) is 7.57. The summed E-state index contributed by atoms with van der Waals surface area (Å²) in [5.74, 6) is -3.43. The van der Waals surface area contributed by atoms with Crippen LogP contribution in [-0.4, -0.2) is 41.2 Å². The van der Waals surface area contributed by atoms with E-state index in [1.165, 1.54) is 4.90 Å². The van der Waals surface area contributed by atoms with Crippen LogP contribution in [-0.2, 0) is 36.8 Å². The molecule has 3 aromatic carbocycles. The van der Waals surface area contributed by atoms with Crippen molar-refractivity contribution in [1.29, 1.82) is 0 Å². The van der Waals surface area contributed by atoms with E-state index in [2.05, 4.69) is 29.6 Å². The second-order valence-corrected chi connectivity index (χ2v) is 11.8. The molecule has 0 radical (unpaired) electrons. The normalized spacial score (nSPS) is 22.1. The van der Waals surface area contributed by atoms with E-state index in [1.54, 1.807) is 0 Å². The second kappa shape index (κ2) is 11.8. The standard InChI is InChI=1S/C36H38N2O5/c1-4-7-19-27(36(42)43-20-28(39)37-33-21(5-2)13-12-14-22(33)6-3)38-34(40)31-29-23-15-8-9-16-24(23)30(32(31)35(38)41)26-18-11-10-17-25(26)29/h8-18,27,29-32H,4-7,19-20H2,1-3H3,(H,37,39)/t27-,29?,30?,31-,32+/m0/s1. The summed E-state index contributed by atoms with van der Waals surface area (Å²) in [4.78, 5) is 56.2. The summed E-state index contributed by atoms with van der Waals surface area (Å²) in [6.07, 6.45) is 3.21. The number of rotatable bonds is 10. The number of para-hydroxylation sites is 1. The fraction of sp³-hybridized carbons (Fsp3) is 0.389. The lowest BCUT2D eigenvalue weighted by Crippen LogP contribution is -2.47. The zero-order valence-corrected chi connectivity index (χ0v) is 25.0. The third-order valence-electron chi connectivity index (χ3n) is 9.51. The fourth-order valence-electron chi connectivity index (χ4n) is 7.57. The number of carbonyl (C=O) groups is 4. The molecule has 1 fully saturated rings. The molecular weight excluding hydrogens is 540 g/mol. The number of hydrogen-bond acceptors (Lipinski definition) is 5. The van der Waals surface area contributed by atoms with Crippen LogP contribution in [0.3, 0.4) is 0 Å². The predicted molar refractivity (Wildman–Crippen MR) is 164 cm³/mol. The molecule has 3 aromatic rings. The summed E-state index contributed by atoms with van der Waals surface area (Å²) in [5.41, 5.74) is 7.09. The zero-order chi connectivity index (χ0) is 30.2. The van der Waals surface area contributed by atoms with Crippen LogP contribution in [0.4, 0.5) is 5.69 Å². The zero-order valence-electron chi connectivity index (χ0n) is 25.0. The van der Waals surface area contributed by atoms with Gasteiger partial charge in [-0.05, 0) is 52.6 Å². The first-order chi connectivity index (χ1) is 20.9. The van der Waals surface area contributed by atoms with Crippen LogP contribution >= 0.6 is 0 Å². The molecule has 7 nitrogen and oxygen atoms in total. The second-order valence-electron chi connectivity index (χ2n) is 11.8. The van der Waals surface area contributed by atoms with Gasteiger partial charge < -0.3 is 10.1 Å². The van der Waals surface area contributed by atoms with Crippen molar-refractivity contribution in [2.24, 2.45) is 11.8 Å². The predicted octanol–water partition coefficient (Wildman–Crippen LogP) is 5.74. The lowest BCUT2D eigenvalue weighted by Gasteiger charge is -2.45. The van der Waals surface area contributed by atoms with E-state index in [-0.39, 0.29) is 23.7 Å². The molecule has 0 spiro atoms.